The van der Waals surface area contributed by atoms with Gasteiger partial charge in [0.2, 0.25) is 0 Å². The molecule has 22 heavy (non-hydrogen) atoms. The molecule has 1 unspecified atom stereocenters. The van der Waals surface area contributed by atoms with Crippen molar-refractivity contribution < 1.29 is 18.3 Å². The van der Waals surface area contributed by atoms with Crippen LogP contribution >= 0.6 is 11.3 Å². The molecule has 0 radical (unpaired) electrons. The highest BCUT2D eigenvalue weighted by atomic mass is 32.2. The Morgan fingerprint density at radius 2 is 1.91 bits per heavy atom. The molecule has 0 spiro atoms. The maximum absolute atomic E-state index is 12.4. The summed E-state index contributed by atoms with van der Waals surface area (Å²) in [7, 11) is -3.74. The smallest absolute Gasteiger partial charge is 0.305 e. The fourth-order valence-electron chi connectivity index (χ4n) is 2.17. The molecule has 1 aromatic heterocycles. The number of nitrogens with one attached hydrogen (secondary N) is 1. The van der Waals surface area contributed by atoms with Crippen molar-refractivity contribution in [2.75, 3.05) is 0 Å². The summed E-state index contributed by atoms with van der Waals surface area (Å²) in [4.78, 5) is 12.0. The van der Waals surface area contributed by atoms with E-state index < -0.39 is 22.0 Å². The lowest BCUT2D eigenvalue weighted by atomic mass is 10.00. The van der Waals surface area contributed by atoms with Crippen LogP contribution in [-0.4, -0.2) is 19.5 Å². The van der Waals surface area contributed by atoms with Gasteiger partial charge in [-0.25, -0.2) is 13.1 Å². The minimum Gasteiger partial charge on any atom is -0.481 e. The molecule has 0 saturated heterocycles. The highest BCUT2D eigenvalue weighted by Crippen LogP contribution is 2.26. The van der Waals surface area contributed by atoms with Gasteiger partial charge in [0, 0.05) is 4.88 Å². The van der Waals surface area contributed by atoms with E-state index in [1.807, 2.05) is 26.0 Å². The lowest BCUT2D eigenvalue weighted by Crippen LogP contribution is -2.30. The topological polar surface area (TPSA) is 83.5 Å². The van der Waals surface area contributed by atoms with E-state index in [1.165, 1.54) is 6.07 Å². The van der Waals surface area contributed by atoms with Gasteiger partial charge in [-0.2, -0.15) is 0 Å². The van der Waals surface area contributed by atoms with E-state index in [-0.39, 0.29) is 10.6 Å². The number of sulfonamides is 1. The van der Waals surface area contributed by atoms with E-state index in [2.05, 4.69) is 4.72 Å². The number of carboxylic acids is 1. The number of carboxylic acid groups (broad SMARTS) is 1. The molecule has 0 aliphatic rings. The zero-order chi connectivity index (χ0) is 16.3. The van der Waals surface area contributed by atoms with Gasteiger partial charge in [0.05, 0.1) is 12.5 Å². The van der Waals surface area contributed by atoms with Crippen LogP contribution in [0.15, 0.2) is 40.6 Å². The molecule has 7 heteroatoms. The van der Waals surface area contributed by atoms with Crippen molar-refractivity contribution in [2.45, 2.75) is 30.5 Å². The predicted octanol–water partition coefficient (Wildman–Crippen LogP) is 2.86. The van der Waals surface area contributed by atoms with Crippen molar-refractivity contribution in [2.24, 2.45) is 0 Å². The van der Waals surface area contributed by atoms with Crippen LogP contribution < -0.4 is 4.72 Å². The van der Waals surface area contributed by atoms with E-state index in [0.717, 1.165) is 21.8 Å². The Bertz CT molecular complexity index is 780. The van der Waals surface area contributed by atoms with Crippen molar-refractivity contribution in [3.05, 3.63) is 52.4 Å². The fraction of sp³-hybridized carbons (Fsp3) is 0.267. The van der Waals surface area contributed by atoms with Crippen molar-refractivity contribution >= 4 is 27.3 Å². The SMILES string of the molecule is Cc1ccc(S(=O)(=O)NC(CC(=O)O)c2ccccc2C)s1. The molecular formula is C15H17NO4S2. The van der Waals surface area contributed by atoms with E-state index in [4.69, 9.17) is 5.11 Å². The average molecular weight is 339 g/mol. The second-order valence-electron chi connectivity index (χ2n) is 4.99. The summed E-state index contributed by atoms with van der Waals surface area (Å²) in [6.07, 6.45) is -0.311. The molecule has 0 aliphatic heterocycles. The third-order valence-electron chi connectivity index (χ3n) is 3.22. The molecule has 118 valence electrons. The third-order valence-corrected chi connectivity index (χ3v) is 6.18. The molecule has 0 aliphatic carbocycles. The zero-order valence-electron chi connectivity index (χ0n) is 12.2. The highest BCUT2D eigenvalue weighted by Gasteiger charge is 2.25. The van der Waals surface area contributed by atoms with Crippen molar-refractivity contribution in [3.63, 3.8) is 0 Å². The van der Waals surface area contributed by atoms with Crippen LogP contribution in [0, 0.1) is 13.8 Å². The molecule has 1 atom stereocenters. The van der Waals surface area contributed by atoms with Gasteiger partial charge in [-0.3, -0.25) is 4.79 Å². The molecule has 2 N–H and O–H groups in total. The van der Waals surface area contributed by atoms with Crippen LogP contribution in [0.25, 0.3) is 0 Å². The summed E-state index contributed by atoms with van der Waals surface area (Å²) in [5.41, 5.74) is 1.51. The van der Waals surface area contributed by atoms with E-state index in [0.29, 0.717) is 5.56 Å². The van der Waals surface area contributed by atoms with E-state index in [1.54, 1.807) is 18.2 Å². The van der Waals surface area contributed by atoms with Crippen LogP contribution in [0.4, 0.5) is 0 Å². The molecular weight excluding hydrogens is 322 g/mol. The number of carbonyl (C=O) groups is 1. The fourth-order valence-corrected chi connectivity index (χ4v) is 4.68. The number of hydrogen-bond donors (Lipinski definition) is 2. The summed E-state index contributed by atoms with van der Waals surface area (Å²) >= 11 is 1.16. The van der Waals surface area contributed by atoms with Gasteiger partial charge in [-0.05, 0) is 37.1 Å². The monoisotopic (exact) mass is 339 g/mol. The first-order chi connectivity index (χ1) is 10.3. The van der Waals surface area contributed by atoms with E-state index in [9.17, 15) is 13.2 Å². The molecule has 2 rings (SSSR count). The Labute approximate surface area is 133 Å². The normalized spacial score (nSPS) is 13.0. The number of benzene rings is 1. The molecule has 0 amide bonds. The third kappa shape index (κ3) is 3.94. The minimum absolute atomic E-state index is 0.189. The lowest BCUT2D eigenvalue weighted by Gasteiger charge is -2.19. The van der Waals surface area contributed by atoms with Crippen molar-refractivity contribution in [3.8, 4) is 0 Å². The second kappa shape index (κ2) is 6.60. The average Bonchev–Trinajstić information content (AvgIpc) is 2.85. The van der Waals surface area contributed by atoms with Crippen molar-refractivity contribution in [1.82, 2.24) is 4.72 Å². The number of aryl methyl sites for hydroxylation is 2. The largest absolute Gasteiger partial charge is 0.481 e. The van der Waals surface area contributed by atoms with Crippen LogP contribution in [0.5, 0.6) is 0 Å². The van der Waals surface area contributed by atoms with Crippen molar-refractivity contribution in [1.29, 1.82) is 0 Å². The second-order valence-corrected chi connectivity index (χ2v) is 8.22. The number of thiophene rings is 1. The Morgan fingerprint density at radius 1 is 1.23 bits per heavy atom. The summed E-state index contributed by atoms with van der Waals surface area (Å²) in [6.45, 7) is 3.65. The molecule has 1 aromatic carbocycles. The quantitative estimate of drug-likeness (QED) is 0.847. The molecule has 2 aromatic rings. The summed E-state index contributed by atoms with van der Waals surface area (Å²) < 4.78 is 27.6. The van der Waals surface area contributed by atoms with Crippen LogP contribution in [0.3, 0.4) is 0 Å². The predicted molar refractivity (Wildman–Crippen MR) is 85.6 cm³/mol. The van der Waals surface area contributed by atoms with Crippen LogP contribution in [0.1, 0.15) is 28.5 Å². The van der Waals surface area contributed by atoms with E-state index >= 15 is 0 Å². The zero-order valence-corrected chi connectivity index (χ0v) is 13.9. The first kappa shape index (κ1) is 16.7. The molecule has 1 heterocycles. The molecule has 0 fully saturated rings. The standard InChI is InChI=1S/C15H17NO4S2/c1-10-5-3-4-6-12(10)13(9-14(17)18)16-22(19,20)15-8-7-11(2)21-15/h3-8,13,16H,9H2,1-2H3,(H,17,18). The summed E-state index contributed by atoms with van der Waals surface area (Å²) in [6, 6.07) is 9.61. The first-order valence-corrected chi connectivity index (χ1v) is 8.95. The van der Waals surface area contributed by atoms with Gasteiger partial charge < -0.3 is 5.11 Å². The Kier molecular flexibility index (Phi) is 5.00. The van der Waals surface area contributed by atoms with Gasteiger partial charge >= 0.3 is 5.97 Å². The number of rotatable bonds is 6. The number of aliphatic carboxylic acids is 1. The van der Waals surface area contributed by atoms with Gasteiger partial charge in [0.15, 0.2) is 0 Å². The maximum Gasteiger partial charge on any atom is 0.305 e. The molecule has 5 nitrogen and oxygen atoms in total. The molecule has 0 saturated carbocycles. The Balaban J connectivity index is 2.35. The summed E-state index contributed by atoms with van der Waals surface area (Å²) in [5, 5.41) is 9.08. The maximum atomic E-state index is 12.4. The van der Waals surface area contributed by atoms with Crippen LogP contribution in [0.2, 0.25) is 0 Å². The Morgan fingerprint density at radius 3 is 2.45 bits per heavy atom. The first-order valence-electron chi connectivity index (χ1n) is 6.65. The van der Waals surface area contributed by atoms with Gasteiger partial charge in [-0.15, -0.1) is 11.3 Å². The lowest BCUT2D eigenvalue weighted by molar-refractivity contribution is -0.137. The highest BCUT2D eigenvalue weighted by molar-refractivity contribution is 7.91. The number of hydrogen-bond acceptors (Lipinski definition) is 4. The van der Waals surface area contributed by atoms with Crippen LogP contribution in [-0.2, 0) is 14.8 Å². The van der Waals surface area contributed by atoms with Gasteiger partial charge in [0.25, 0.3) is 10.0 Å². The summed E-state index contributed by atoms with van der Waals surface area (Å²) in [5.74, 6) is -1.06. The molecule has 0 bridgehead atoms. The minimum atomic E-state index is -3.74. The van der Waals surface area contributed by atoms with Gasteiger partial charge in [0.1, 0.15) is 4.21 Å². The Hall–Kier alpha value is -1.70. The van der Waals surface area contributed by atoms with Gasteiger partial charge in [-0.1, -0.05) is 24.3 Å².